The zero-order chi connectivity index (χ0) is 19.7. The number of aromatic nitrogens is 2. The Morgan fingerprint density at radius 1 is 1.21 bits per heavy atom. The minimum atomic E-state index is -0.788. The topological polar surface area (TPSA) is 88.3 Å². The molecule has 1 unspecified atom stereocenters. The number of thioether (sulfide) groups is 1. The predicted molar refractivity (Wildman–Crippen MR) is 111 cm³/mol. The van der Waals surface area contributed by atoms with Gasteiger partial charge >= 0.3 is 0 Å². The van der Waals surface area contributed by atoms with Crippen molar-refractivity contribution in [2.24, 2.45) is 0 Å². The molecule has 0 aliphatic carbocycles. The number of carbonyl (C=O) groups excluding carboxylic acids is 2. The van der Waals surface area contributed by atoms with Crippen LogP contribution in [0.15, 0.2) is 58.1 Å². The van der Waals surface area contributed by atoms with Gasteiger partial charge in [0.2, 0.25) is 5.91 Å². The molecule has 1 aromatic heterocycles. The highest BCUT2D eigenvalue weighted by atomic mass is 32.2. The standard InChI is InChI=1S/C19H14N4O3S2/c1-11(17(24)20-13-8-5-9-14-16(13)22-26-21-14)23-18(25)15(28-19(23)27)10-12-6-3-2-4-7-12/h2-11H,1H3,(H,20,24)/b15-10-. The van der Waals surface area contributed by atoms with Crippen LogP contribution in [0.3, 0.4) is 0 Å². The third kappa shape index (κ3) is 3.41. The fraction of sp³-hybridized carbons (Fsp3) is 0.105. The second-order valence-electron chi connectivity index (χ2n) is 6.07. The van der Waals surface area contributed by atoms with Crippen molar-refractivity contribution < 1.29 is 14.2 Å². The maximum absolute atomic E-state index is 12.8. The highest BCUT2D eigenvalue weighted by Crippen LogP contribution is 2.34. The minimum Gasteiger partial charge on any atom is -0.322 e. The third-order valence-electron chi connectivity index (χ3n) is 4.23. The number of amides is 2. The Hall–Kier alpha value is -3.04. The van der Waals surface area contributed by atoms with Crippen LogP contribution < -0.4 is 5.32 Å². The molecule has 1 aliphatic rings. The summed E-state index contributed by atoms with van der Waals surface area (Å²) >= 11 is 6.53. The molecule has 4 rings (SSSR count). The van der Waals surface area contributed by atoms with Crippen molar-refractivity contribution in [2.75, 3.05) is 5.32 Å². The summed E-state index contributed by atoms with van der Waals surface area (Å²) in [6.07, 6.45) is 1.77. The van der Waals surface area contributed by atoms with Crippen LogP contribution in [0, 0.1) is 0 Å². The molecular weight excluding hydrogens is 396 g/mol. The van der Waals surface area contributed by atoms with Crippen molar-refractivity contribution >= 4 is 62.9 Å². The fourth-order valence-corrected chi connectivity index (χ4v) is 4.19. The monoisotopic (exact) mass is 410 g/mol. The summed E-state index contributed by atoms with van der Waals surface area (Å²) in [5.74, 6) is -0.671. The van der Waals surface area contributed by atoms with Gasteiger partial charge in [-0.05, 0) is 41.0 Å². The van der Waals surface area contributed by atoms with Gasteiger partial charge in [-0.25, -0.2) is 4.63 Å². The van der Waals surface area contributed by atoms with Gasteiger partial charge in [0.1, 0.15) is 15.9 Å². The first kappa shape index (κ1) is 18.3. The molecule has 2 amide bonds. The number of anilines is 1. The van der Waals surface area contributed by atoms with E-state index < -0.39 is 6.04 Å². The SMILES string of the molecule is CC(C(=O)Nc1cccc2nonc12)N1C(=O)/C(=C/c2ccccc2)SC1=S. The van der Waals surface area contributed by atoms with Crippen LogP contribution in [0.2, 0.25) is 0 Å². The lowest BCUT2D eigenvalue weighted by Crippen LogP contribution is -2.44. The molecule has 1 fully saturated rings. The van der Waals surface area contributed by atoms with Crippen LogP contribution >= 0.6 is 24.0 Å². The van der Waals surface area contributed by atoms with E-state index in [1.807, 2.05) is 30.3 Å². The third-order valence-corrected chi connectivity index (χ3v) is 5.56. The lowest BCUT2D eigenvalue weighted by molar-refractivity contribution is -0.129. The number of fused-ring (bicyclic) bond motifs is 1. The Morgan fingerprint density at radius 2 is 2.00 bits per heavy atom. The van der Waals surface area contributed by atoms with Crippen LogP contribution in [-0.4, -0.2) is 37.4 Å². The summed E-state index contributed by atoms with van der Waals surface area (Å²) in [7, 11) is 0. The van der Waals surface area contributed by atoms with Crippen molar-refractivity contribution in [3.05, 3.63) is 59.0 Å². The molecule has 1 N–H and O–H groups in total. The zero-order valence-corrected chi connectivity index (χ0v) is 16.3. The average Bonchev–Trinajstić information content (AvgIpc) is 3.27. The molecule has 2 heterocycles. The highest BCUT2D eigenvalue weighted by Gasteiger charge is 2.38. The Morgan fingerprint density at radius 3 is 2.79 bits per heavy atom. The normalized spacial score (nSPS) is 16.8. The first-order valence-corrected chi connectivity index (χ1v) is 9.61. The Balaban J connectivity index is 1.54. The molecule has 0 radical (unpaired) electrons. The van der Waals surface area contributed by atoms with Crippen molar-refractivity contribution in [3.63, 3.8) is 0 Å². The smallest absolute Gasteiger partial charge is 0.266 e. The second-order valence-corrected chi connectivity index (χ2v) is 7.74. The number of benzene rings is 2. The van der Waals surface area contributed by atoms with Crippen molar-refractivity contribution in [2.45, 2.75) is 13.0 Å². The highest BCUT2D eigenvalue weighted by molar-refractivity contribution is 8.26. The lowest BCUT2D eigenvalue weighted by atomic mass is 10.2. The van der Waals surface area contributed by atoms with E-state index in [9.17, 15) is 9.59 Å². The quantitative estimate of drug-likeness (QED) is 0.520. The molecule has 1 aliphatic heterocycles. The predicted octanol–water partition coefficient (Wildman–Crippen LogP) is 3.45. The number of thiocarbonyl (C=S) groups is 1. The van der Waals surface area contributed by atoms with E-state index in [1.165, 1.54) is 16.7 Å². The molecule has 2 aromatic carbocycles. The molecule has 3 aromatic rings. The number of carbonyl (C=O) groups is 2. The summed E-state index contributed by atoms with van der Waals surface area (Å²) in [6.45, 7) is 1.63. The van der Waals surface area contributed by atoms with Gasteiger partial charge in [-0.15, -0.1) is 0 Å². The number of hydrogen-bond acceptors (Lipinski definition) is 7. The van der Waals surface area contributed by atoms with E-state index in [2.05, 4.69) is 15.6 Å². The minimum absolute atomic E-state index is 0.289. The molecule has 28 heavy (non-hydrogen) atoms. The number of nitrogens with one attached hydrogen (secondary N) is 1. The van der Waals surface area contributed by atoms with Crippen LogP contribution in [-0.2, 0) is 9.59 Å². The van der Waals surface area contributed by atoms with Gasteiger partial charge in [-0.1, -0.05) is 60.4 Å². The molecule has 0 saturated carbocycles. The molecular formula is C19H14N4O3S2. The van der Waals surface area contributed by atoms with E-state index in [0.717, 1.165) is 5.56 Å². The Bertz CT molecular complexity index is 1110. The molecule has 9 heteroatoms. The maximum Gasteiger partial charge on any atom is 0.266 e. The van der Waals surface area contributed by atoms with E-state index in [4.69, 9.17) is 16.8 Å². The number of rotatable bonds is 4. The van der Waals surface area contributed by atoms with E-state index in [0.29, 0.717) is 25.9 Å². The summed E-state index contributed by atoms with van der Waals surface area (Å²) in [6, 6.07) is 13.8. The molecule has 0 spiro atoms. The van der Waals surface area contributed by atoms with Crippen molar-refractivity contribution in [1.82, 2.24) is 15.2 Å². The summed E-state index contributed by atoms with van der Waals surface area (Å²) in [5.41, 5.74) is 2.32. The zero-order valence-electron chi connectivity index (χ0n) is 14.7. The van der Waals surface area contributed by atoms with Gasteiger partial charge < -0.3 is 5.32 Å². The summed E-state index contributed by atoms with van der Waals surface area (Å²) < 4.78 is 5.05. The Labute approximate surface area is 169 Å². The number of hydrogen-bond donors (Lipinski definition) is 1. The van der Waals surface area contributed by atoms with Gasteiger partial charge in [-0.2, -0.15) is 0 Å². The van der Waals surface area contributed by atoms with Gasteiger partial charge in [0.05, 0.1) is 10.6 Å². The largest absolute Gasteiger partial charge is 0.322 e. The van der Waals surface area contributed by atoms with Crippen molar-refractivity contribution in [3.8, 4) is 0 Å². The first-order valence-electron chi connectivity index (χ1n) is 8.39. The van der Waals surface area contributed by atoms with Gasteiger partial charge in [-0.3, -0.25) is 14.5 Å². The van der Waals surface area contributed by atoms with Crippen LogP contribution in [0.25, 0.3) is 17.1 Å². The summed E-state index contributed by atoms with van der Waals surface area (Å²) in [4.78, 5) is 27.4. The molecule has 0 bridgehead atoms. The fourth-order valence-electron chi connectivity index (χ4n) is 2.78. The second kappa shape index (κ2) is 7.53. The molecule has 140 valence electrons. The first-order chi connectivity index (χ1) is 13.5. The van der Waals surface area contributed by atoms with E-state index >= 15 is 0 Å². The van der Waals surface area contributed by atoms with Crippen LogP contribution in [0.1, 0.15) is 12.5 Å². The molecule has 7 nitrogen and oxygen atoms in total. The maximum atomic E-state index is 12.8. The summed E-state index contributed by atoms with van der Waals surface area (Å²) in [5, 5.41) is 10.3. The molecule has 1 saturated heterocycles. The van der Waals surface area contributed by atoms with E-state index in [-0.39, 0.29) is 11.8 Å². The van der Waals surface area contributed by atoms with Gasteiger partial charge in [0, 0.05) is 0 Å². The number of nitrogens with zero attached hydrogens (tertiary/aromatic N) is 3. The van der Waals surface area contributed by atoms with Gasteiger partial charge in [0.25, 0.3) is 5.91 Å². The molecule has 1 atom stereocenters. The average molecular weight is 410 g/mol. The van der Waals surface area contributed by atoms with Crippen LogP contribution in [0.4, 0.5) is 5.69 Å². The van der Waals surface area contributed by atoms with Gasteiger partial charge in [0.15, 0.2) is 5.52 Å². The van der Waals surface area contributed by atoms with E-state index in [1.54, 1.807) is 31.2 Å². The van der Waals surface area contributed by atoms with Crippen molar-refractivity contribution in [1.29, 1.82) is 0 Å². The lowest BCUT2D eigenvalue weighted by Gasteiger charge is -2.22. The van der Waals surface area contributed by atoms with Crippen LogP contribution in [0.5, 0.6) is 0 Å². The Kier molecular flexibility index (Phi) is 4.93.